The SMILES string of the molecule is CS(C)(=O)=Nc1ccc(NC(=O)NCCNc2ccccn2)cc1. The van der Waals surface area contributed by atoms with E-state index in [-0.39, 0.29) is 6.03 Å². The predicted molar refractivity (Wildman–Crippen MR) is 98.3 cm³/mol. The van der Waals surface area contributed by atoms with Crippen molar-refractivity contribution in [3.05, 3.63) is 48.7 Å². The number of benzene rings is 1. The first-order chi connectivity index (χ1) is 11.4. The summed E-state index contributed by atoms with van der Waals surface area (Å²) in [5.41, 5.74) is 1.26. The predicted octanol–water partition coefficient (Wildman–Crippen LogP) is 2.67. The van der Waals surface area contributed by atoms with E-state index in [0.29, 0.717) is 24.5 Å². The topological polar surface area (TPSA) is 95.5 Å². The Kier molecular flexibility index (Phi) is 6.14. The molecule has 8 heteroatoms. The van der Waals surface area contributed by atoms with Crippen molar-refractivity contribution in [2.24, 2.45) is 4.36 Å². The van der Waals surface area contributed by atoms with Gasteiger partial charge in [0.25, 0.3) is 0 Å². The van der Waals surface area contributed by atoms with Gasteiger partial charge in [0.1, 0.15) is 5.82 Å². The van der Waals surface area contributed by atoms with E-state index in [1.165, 1.54) is 0 Å². The molecule has 0 fully saturated rings. The largest absolute Gasteiger partial charge is 0.368 e. The minimum Gasteiger partial charge on any atom is -0.368 e. The number of hydrogen-bond donors (Lipinski definition) is 3. The van der Waals surface area contributed by atoms with Crippen LogP contribution in [0.5, 0.6) is 0 Å². The number of rotatable bonds is 6. The number of amides is 2. The van der Waals surface area contributed by atoms with Crippen molar-refractivity contribution in [1.82, 2.24) is 10.3 Å². The molecule has 1 heterocycles. The van der Waals surface area contributed by atoms with Crippen LogP contribution in [0.4, 0.5) is 22.0 Å². The third-order valence-electron chi connectivity index (χ3n) is 2.83. The van der Waals surface area contributed by atoms with Crippen LogP contribution in [0.25, 0.3) is 0 Å². The van der Waals surface area contributed by atoms with Crippen molar-refractivity contribution in [1.29, 1.82) is 0 Å². The number of nitrogens with zero attached hydrogens (tertiary/aromatic N) is 2. The zero-order chi connectivity index (χ0) is 17.4. The van der Waals surface area contributed by atoms with E-state index in [0.717, 1.165) is 5.82 Å². The molecule has 2 amide bonds. The number of pyridine rings is 1. The zero-order valence-electron chi connectivity index (χ0n) is 13.7. The van der Waals surface area contributed by atoms with Gasteiger partial charge in [-0.25, -0.2) is 14.0 Å². The molecular formula is C16H21N5O2S. The molecule has 0 aliphatic rings. The number of carbonyl (C=O) groups excluding carboxylic acids is 1. The molecule has 0 atom stereocenters. The lowest BCUT2D eigenvalue weighted by Gasteiger charge is -2.09. The van der Waals surface area contributed by atoms with Crippen LogP contribution in [0.3, 0.4) is 0 Å². The first-order valence-corrected chi connectivity index (χ1v) is 9.72. The van der Waals surface area contributed by atoms with Crippen LogP contribution < -0.4 is 16.0 Å². The van der Waals surface area contributed by atoms with E-state index in [9.17, 15) is 9.00 Å². The molecule has 2 aromatic rings. The molecule has 2 rings (SSSR count). The van der Waals surface area contributed by atoms with Gasteiger partial charge in [0.05, 0.1) is 5.69 Å². The highest BCUT2D eigenvalue weighted by Gasteiger charge is 2.01. The third-order valence-corrected chi connectivity index (χ3v) is 3.48. The van der Waals surface area contributed by atoms with Crippen molar-refractivity contribution in [2.45, 2.75) is 0 Å². The summed E-state index contributed by atoms with van der Waals surface area (Å²) in [7, 11) is -2.19. The highest BCUT2D eigenvalue weighted by Crippen LogP contribution is 2.17. The molecule has 1 aromatic carbocycles. The standard InChI is InChI=1S/C16H21N5O2S/c1-24(2,23)21-14-8-6-13(7-9-14)20-16(22)19-12-11-18-15-5-3-4-10-17-15/h3-10H,11-12H2,1-2H3,(H,17,18)(H2,19,20,22). The van der Waals surface area contributed by atoms with Gasteiger partial charge < -0.3 is 16.0 Å². The van der Waals surface area contributed by atoms with E-state index in [4.69, 9.17) is 0 Å². The van der Waals surface area contributed by atoms with Crippen LogP contribution in [0.2, 0.25) is 0 Å². The van der Waals surface area contributed by atoms with Crippen LogP contribution in [0.15, 0.2) is 53.0 Å². The molecule has 0 radical (unpaired) electrons. The van der Waals surface area contributed by atoms with E-state index in [1.54, 1.807) is 43.0 Å². The maximum absolute atomic E-state index is 11.8. The molecule has 3 N–H and O–H groups in total. The summed E-state index contributed by atoms with van der Waals surface area (Å²) in [5.74, 6) is 0.766. The molecular weight excluding hydrogens is 326 g/mol. The molecule has 0 saturated heterocycles. The van der Waals surface area contributed by atoms with Gasteiger partial charge in [-0.05, 0) is 36.4 Å². The van der Waals surface area contributed by atoms with E-state index >= 15 is 0 Å². The molecule has 0 aliphatic carbocycles. The van der Waals surface area contributed by atoms with Crippen molar-refractivity contribution in [2.75, 3.05) is 36.2 Å². The number of urea groups is 1. The average molecular weight is 347 g/mol. The van der Waals surface area contributed by atoms with Crippen LogP contribution in [0, 0.1) is 0 Å². The Morgan fingerprint density at radius 3 is 2.50 bits per heavy atom. The van der Waals surface area contributed by atoms with Gasteiger partial charge >= 0.3 is 6.03 Å². The minimum absolute atomic E-state index is 0.294. The molecule has 128 valence electrons. The number of carbonyl (C=O) groups is 1. The van der Waals surface area contributed by atoms with Crippen molar-refractivity contribution < 1.29 is 9.00 Å². The lowest BCUT2D eigenvalue weighted by atomic mass is 10.3. The first-order valence-electron chi connectivity index (χ1n) is 7.39. The van der Waals surface area contributed by atoms with Gasteiger partial charge in [-0.3, -0.25) is 0 Å². The first kappa shape index (κ1) is 17.7. The summed E-state index contributed by atoms with van der Waals surface area (Å²) >= 11 is 0. The summed E-state index contributed by atoms with van der Waals surface area (Å²) in [6, 6.07) is 12.2. The third kappa shape index (κ3) is 6.66. The summed E-state index contributed by atoms with van der Waals surface area (Å²) < 4.78 is 15.7. The van der Waals surface area contributed by atoms with Crippen molar-refractivity contribution in [3.8, 4) is 0 Å². The fourth-order valence-electron chi connectivity index (χ4n) is 1.87. The van der Waals surface area contributed by atoms with Crippen LogP contribution >= 0.6 is 0 Å². The number of nitrogens with one attached hydrogen (secondary N) is 3. The smallest absolute Gasteiger partial charge is 0.319 e. The molecule has 0 saturated carbocycles. The van der Waals surface area contributed by atoms with Crippen molar-refractivity contribution >= 4 is 33.0 Å². The maximum Gasteiger partial charge on any atom is 0.319 e. The van der Waals surface area contributed by atoms with Crippen LogP contribution in [0.1, 0.15) is 0 Å². The molecule has 0 spiro atoms. The normalized spacial score (nSPS) is 10.8. The number of hydrogen-bond acceptors (Lipinski definition) is 5. The molecule has 0 unspecified atom stereocenters. The van der Waals surface area contributed by atoms with E-state index in [2.05, 4.69) is 25.3 Å². The molecule has 1 aromatic heterocycles. The van der Waals surface area contributed by atoms with Gasteiger partial charge in [-0.1, -0.05) is 6.07 Å². The summed E-state index contributed by atoms with van der Waals surface area (Å²) in [6.07, 6.45) is 4.85. The van der Waals surface area contributed by atoms with E-state index in [1.807, 2.05) is 18.2 Å². The minimum atomic E-state index is -2.19. The Hall–Kier alpha value is -2.61. The number of aromatic nitrogens is 1. The molecule has 0 aliphatic heterocycles. The lowest BCUT2D eigenvalue weighted by Crippen LogP contribution is -2.32. The Morgan fingerprint density at radius 1 is 1.12 bits per heavy atom. The van der Waals surface area contributed by atoms with Gasteiger partial charge in [0.15, 0.2) is 0 Å². The monoisotopic (exact) mass is 347 g/mol. The van der Waals surface area contributed by atoms with Crippen molar-refractivity contribution in [3.63, 3.8) is 0 Å². The Labute approximate surface area is 142 Å². The summed E-state index contributed by atoms with van der Waals surface area (Å²) in [5, 5.41) is 8.57. The molecule has 7 nitrogen and oxygen atoms in total. The van der Waals surface area contributed by atoms with Crippen LogP contribution in [-0.4, -0.2) is 40.8 Å². The fourth-order valence-corrected chi connectivity index (χ4v) is 2.50. The maximum atomic E-state index is 11.8. The van der Waals surface area contributed by atoms with Crippen LogP contribution in [-0.2, 0) is 9.73 Å². The molecule has 24 heavy (non-hydrogen) atoms. The van der Waals surface area contributed by atoms with Gasteiger partial charge in [0.2, 0.25) is 0 Å². The Bertz CT molecular complexity index is 776. The summed E-state index contributed by atoms with van der Waals surface area (Å²) in [4.78, 5) is 15.9. The lowest BCUT2D eigenvalue weighted by molar-refractivity contribution is 0.252. The summed E-state index contributed by atoms with van der Waals surface area (Å²) in [6.45, 7) is 1.03. The van der Waals surface area contributed by atoms with E-state index < -0.39 is 9.73 Å². The van der Waals surface area contributed by atoms with Gasteiger partial charge in [0, 0.05) is 47.2 Å². The Balaban J connectivity index is 1.75. The molecule has 0 bridgehead atoms. The van der Waals surface area contributed by atoms with Gasteiger partial charge in [-0.2, -0.15) is 4.36 Å². The second kappa shape index (κ2) is 8.30. The van der Waals surface area contributed by atoms with Gasteiger partial charge in [-0.15, -0.1) is 0 Å². The number of anilines is 2. The average Bonchev–Trinajstić information content (AvgIpc) is 2.53. The quantitative estimate of drug-likeness (QED) is 0.700. The Morgan fingerprint density at radius 2 is 1.88 bits per heavy atom. The zero-order valence-corrected chi connectivity index (χ0v) is 14.5. The second-order valence-electron chi connectivity index (χ2n) is 5.34. The highest BCUT2D eigenvalue weighted by atomic mass is 32.2. The second-order valence-corrected chi connectivity index (χ2v) is 7.89. The fraction of sp³-hybridized carbons (Fsp3) is 0.250. The highest BCUT2D eigenvalue weighted by molar-refractivity contribution is 7.92.